The molecule has 2 nitrogen and oxygen atoms in total. The highest BCUT2D eigenvalue weighted by Gasteiger charge is 2.08. The summed E-state index contributed by atoms with van der Waals surface area (Å²) in [5.41, 5.74) is 4.10. The summed E-state index contributed by atoms with van der Waals surface area (Å²) >= 11 is 0. The van der Waals surface area contributed by atoms with E-state index in [0.717, 1.165) is 5.56 Å². The molecule has 0 radical (unpaired) electrons. The molecule has 0 heterocycles. The third-order valence-corrected chi connectivity index (χ3v) is 3.16. The number of benzene rings is 2. The molecule has 0 saturated heterocycles. The minimum Gasteiger partial charge on any atom is -0.433 e. The van der Waals surface area contributed by atoms with Crippen molar-refractivity contribution in [3.8, 4) is 5.75 Å². The van der Waals surface area contributed by atoms with Crippen LogP contribution in [0.5, 0.6) is 5.75 Å². The Bertz CT molecular complexity index is 584. The molecule has 2 aromatic rings. The Balaban J connectivity index is 2.08. The molecule has 0 amide bonds. The maximum Gasteiger partial charge on any atom is 0.387 e. The average Bonchev–Trinajstić information content (AvgIpc) is 2.41. The first kappa shape index (κ1) is 14.3. The van der Waals surface area contributed by atoms with Crippen molar-refractivity contribution in [1.82, 2.24) is 0 Å². The van der Waals surface area contributed by atoms with E-state index in [1.54, 1.807) is 18.2 Å². The van der Waals surface area contributed by atoms with E-state index in [9.17, 15) is 8.78 Å². The Labute approximate surface area is 117 Å². The predicted octanol–water partition coefficient (Wildman–Crippen LogP) is 4.52. The first-order chi connectivity index (χ1) is 9.56. The Hall–Kier alpha value is -2.10. The number of halogens is 2. The van der Waals surface area contributed by atoms with E-state index >= 15 is 0 Å². The van der Waals surface area contributed by atoms with Crippen LogP contribution in [0.1, 0.15) is 16.7 Å². The molecular weight excluding hydrogens is 260 g/mol. The van der Waals surface area contributed by atoms with Crippen LogP contribution in [0, 0.1) is 13.8 Å². The molecule has 0 aliphatic heterocycles. The fourth-order valence-electron chi connectivity index (χ4n) is 1.92. The zero-order valence-electron chi connectivity index (χ0n) is 11.5. The fraction of sp³-hybridized carbons (Fsp3) is 0.250. The molecule has 2 aromatic carbocycles. The second-order valence-electron chi connectivity index (χ2n) is 4.65. The van der Waals surface area contributed by atoms with Crippen LogP contribution in [-0.2, 0) is 6.54 Å². The van der Waals surface area contributed by atoms with Gasteiger partial charge < -0.3 is 10.1 Å². The number of ether oxygens (including phenoxy) is 1. The highest BCUT2D eigenvalue weighted by Crippen LogP contribution is 2.26. The minimum absolute atomic E-state index is 0.159. The normalized spacial score (nSPS) is 10.7. The summed E-state index contributed by atoms with van der Waals surface area (Å²) in [7, 11) is 0. The van der Waals surface area contributed by atoms with Crippen LogP contribution in [0.4, 0.5) is 14.5 Å². The van der Waals surface area contributed by atoms with Gasteiger partial charge in [0, 0.05) is 6.54 Å². The largest absolute Gasteiger partial charge is 0.433 e. The molecule has 0 bridgehead atoms. The van der Waals surface area contributed by atoms with Crippen molar-refractivity contribution in [1.29, 1.82) is 0 Å². The molecule has 1 N–H and O–H groups in total. The molecule has 0 aliphatic rings. The molecular formula is C16H17F2NO. The molecule has 0 unspecified atom stereocenters. The topological polar surface area (TPSA) is 21.3 Å². The van der Waals surface area contributed by atoms with Crippen LogP contribution in [-0.4, -0.2) is 6.61 Å². The van der Waals surface area contributed by atoms with Crippen molar-refractivity contribution in [2.24, 2.45) is 0 Å². The smallest absolute Gasteiger partial charge is 0.387 e. The molecule has 4 heteroatoms. The number of alkyl halides is 2. The van der Waals surface area contributed by atoms with Gasteiger partial charge in [0.1, 0.15) is 5.75 Å². The number of rotatable bonds is 5. The van der Waals surface area contributed by atoms with E-state index in [0.29, 0.717) is 12.2 Å². The molecule has 0 spiro atoms. The Kier molecular flexibility index (Phi) is 4.56. The lowest BCUT2D eigenvalue weighted by Gasteiger charge is -2.13. The van der Waals surface area contributed by atoms with Gasteiger partial charge in [-0.25, -0.2) is 0 Å². The summed E-state index contributed by atoms with van der Waals surface area (Å²) in [6.07, 6.45) is 0. The molecule has 106 valence electrons. The van der Waals surface area contributed by atoms with Gasteiger partial charge in [0.2, 0.25) is 0 Å². The van der Waals surface area contributed by atoms with Crippen molar-refractivity contribution in [3.05, 3.63) is 59.2 Å². The van der Waals surface area contributed by atoms with Crippen molar-refractivity contribution in [2.45, 2.75) is 27.0 Å². The molecule has 0 fully saturated rings. The lowest BCUT2D eigenvalue weighted by molar-refractivity contribution is -0.0493. The van der Waals surface area contributed by atoms with Gasteiger partial charge in [-0.3, -0.25) is 0 Å². The van der Waals surface area contributed by atoms with Crippen molar-refractivity contribution in [3.63, 3.8) is 0 Å². The van der Waals surface area contributed by atoms with Gasteiger partial charge in [-0.1, -0.05) is 30.3 Å². The quantitative estimate of drug-likeness (QED) is 0.867. The number of para-hydroxylation sites is 2. The first-order valence-corrected chi connectivity index (χ1v) is 6.40. The monoisotopic (exact) mass is 277 g/mol. The molecule has 20 heavy (non-hydrogen) atoms. The third-order valence-electron chi connectivity index (χ3n) is 3.16. The average molecular weight is 277 g/mol. The lowest BCUT2D eigenvalue weighted by Crippen LogP contribution is -2.06. The van der Waals surface area contributed by atoms with Gasteiger partial charge in [0.25, 0.3) is 0 Å². The summed E-state index contributed by atoms with van der Waals surface area (Å²) in [5, 5.41) is 3.12. The number of anilines is 1. The molecule has 0 saturated carbocycles. The van der Waals surface area contributed by atoms with E-state index in [1.165, 1.54) is 17.2 Å². The van der Waals surface area contributed by atoms with Crippen molar-refractivity contribution >= 4 is 5.69 Å². The number of hydrogen-bond donors (Lipinski definition) is 1. The summed E-state index contributed by atoms with van der Waals surface area (Å²) in [6, 6.07) is 12.8. The van der Waals surface area contributed by atoms with Crippen LogP contribution in [0.2, 0.25) is 0 Å². The lowest BCUT2D eigenvalue weighted by atomic mass is 10.1. The zero-order chi connectivity index (χ0) is 14.5. The van der Waals surface area contributed by atoms with E-state index in [2.05, 4.69) is 23.0 Å². The van der Waals surface area contributed by atoms with Gasteiger partial charge >= 0.3 is 6.61 Å². The fourth-order valence-corrected chi connectivity index (χ4v) is 1.92. The van der Waals surface area contributed by atoms with E-state index in [4.69, 9.17) is 0 Å². The van der Waals surface area contributed by atoms with E-state index in [-0.39, 0.29) is 5.75 Å². The SMILES string of the molecule is Cc1ccc(CNc2ccccc2OC(F)F)cc1C. The second-order valence-corrected chi connectivity index (χ2v) is 4.65. The third kappa shape index (κ3) is 3.70. The van der Waals surface area contributed by atoms with Gasteiger partial charge in [-0.15, -0.1) is 0 Å². The van der Waals surface area contributed by atoms with Crippen LogP contribution in [0.3, 0.4) is 0 Å². The standard InChI is InChI=1S/C16H17F2NO/c1-11-7-8-13(9-12(11)2)10-19-14-5-3-4-6-15(14)20-16(17)18/h3-9,16,19H,10H2,1-2H3. The molecule has 0 aromatic heterocycles. The highest BCUT2D eigenvalue weighted by molar-refractivity contribution is 5.56. The van der Waals surface area contributed by atoms with Gasteiger partial charge in [-0.2, -0.15) is 8.78 Å². The maximum atomic E-state index is 12.3. The first-order valence-electron chi connectivity index (χ1n) is 6.40. The van der Waals surface area contributed by atoms with Crippen LogP contribution in [0.25, 0.3) is 0 Å². The Morgan fingerprint density at radius 1 is 1.05 bits per heavy atom. The Morgan fingerprint density at radius 2 is 1.80 bits per heavy atom. The summed E-state index contributed by atoms with van der Waals surface area (Å²) in [4.78, 5) is 0. The van der Waals surface area contributed by atoms with Crippen LogP contribution >= 0.6 is 0 Å². The van der Waals surface area contributed by atoms with Gasteiger partial charge in [-0.05, 0) is 42.7 Å². The predicted molar refractivity (Wildman–Crippen MR) is 76.3 cm³/mol. The minimum atomic E-state index is -2.82. The number of hydrogen-bond acceptors (Lipinski definition) is 2. The van der Waals surface area contributed by atoms with Crippen molar-refractivity contribution < 1.29 is 13.5 Å². The number of aryl methyl sites for hydroxylation is 2. The highest BCUT2D eigenvalue weighted by atomic mass is 19.3. The molecule has 0 aliphatic carbocycles. The Morgan fingerprint density at radius 3 is 2.50 bits per heavy atom. The van der Waals surface area contributed by atoms with E-state index in [1.807, 2.05) is 19.1 Å². The van der Waals surface area contributed by atoms with Crippen LogP contribution < -0.4 is 10.1 Å². The zero-order valence-corrected chi connectivity index (χ0v) is 11.5. The summed E-state index contributed by atoms with van der Waals surface area (Å²) in [6.45, 7) is 1.84. The van der Waals surface area contributed by atoms with Gasteiger partial charge in [0.15, 0.2) is 0 Å². The van der Waals surface area contributed by atoms with Gasteiger partial charge in [0.05, 0.1) is 5.69 Å². The molecule has 2 rings (SSSR count). The summed E-state index contributed by atoms with van der Waals surface area (Å²) < 4.78 is 29.1. The van der Waals surface area contributed by atoms with Crippen molar-refractivity contribution in [2.75, 3.05) is 5.32 Å². The van der Waals surface area contributed by atoms with Crippen LogP contribution in [0.15, 0.2) is 42.5 Å². The molecule has 0 atom stereocenters. The number of nitrogens with one attached hydrogen (secondary N) is 1. The summed E-state index contributed by atoms with van der Waals surface area (Å²) in [5.74, 6) is 0.159. The maximum absolute atomic E-state index is 12.3. The van der Waals surface area contributed by atoms with E-state index < -0.39 is 6.61 Å². The second kappa shape index (κ2) is 6.37.